The molecule has 0 atom stereocenters. The molecule has 5 nitrogen and oxygen atoms in total. The van der Waals surface area contributed by atoms with E-state index in [1.54, 1.807) is 0 Å². The van der Waals surface area contributed by atoms with Gasteiger partial charge in [-0.05, 0) is 12.2 Å². The minimum atomic E-state index is -1.08. The fourth-order valence-corrected chi connectivity index (χ4v) is 1.45. The first-order valence-electron chi connectivity index (χ1n) is 3.68. The van der Waals surface area contributed by atoms with Crippen LogP contribution in [0.15, 0.2) is 0 Å². The molecule has 0 spiro atoms. The van der Waals surface area contributed by atoms with E-state index in [9.17, 15) is 4.79 Å². The van der Waals surface area contributed by atoms with Crippen LogP contribution in [0.4, 0.5) is 0 Å². The summed E-state index contributed by atoms with van der Waals surface area (Å²) in [6.45, 7) is 0.468. The van der Waals surface area contributed by atoms with Crippen molar-refractivity contribution in [3.8, 4) is 5.75 Å². The third kappa shape index (κ3) is 1.29. The monoisotopic (exact) mass is 198 g/mol. The van der Waals surface area contributed by atoms with Gasteiger partial charge in [0.25, 0.3) is 0 Å². The largest absolute Gasteiger partial charge is 0.489 e. The van der Waals surface area contributed by atoms with E-state index in [1.807, 2.05) is 0 Å². The first-order valence-corrected chi connectivity index (χ1v) is 4.08. The summed E-state index contributed by atoms with van der Waals surface area (Å²) < 4.78 is 5.31. The molecular formula is C7H6N2O3S. The van der Waals surface area contributed by atoms with Gasteiger partial charge in [0.05, 0.1) is 12.3 Å². The highest BCUT2D eigenvalue weighted by Gasteiger charge is 2.22. The van der Waals surface area contributed by atoms with Crippen molar-refractivity contribution in [2.24, 2.45) is 0 Å². The zero-order valence-corrected chi connectivity index (χ0v) is 7.35. The van der Waals surface area contributed by atoms with Crippen molar-refractivity contribution in [3.63, 3.8) is 0 Å². The molecule has 1 aromatic heterocycles. The van der Waals surface area contributed by atoms with Gasteiger partial charge in [0.15, 0.2) is 16.2 Å². The molecule has 0 unspecified atom stereocenters. The van der Waals surface area contributed by atoms with Crippen molar-refractivity contribution in [3.05, 3.63) is 16.2 Å². The van der Waals surface area contributed by atoms with Crippen LogP contribution in [0.2, 0.25) is 0 Å². The molecule has 2 N–H and O–H groups in total. The predicted octanol–water partition coefficient (Wildman–Crippen LogP) is 0.772. The summed E-state index contributed by atoms with van der Waals surface area (Å²) >= 11 is 4.77. The molecule has 13 heavy (non-hydrogen) atoms. The highest BCUT2D eigenvalue weighted by Crippen LogP contribution is 2.25. The van der Waals surface area contributed by atoms with Gasteiger partial charge in [0.1, 0.15) is 0 Å². The zero-order chi connectivity index (χ0) is 9.42. The average molecular weight is 198 g/mol. The van der Waals surface area contributed by atoms with Crippen LogP contribution in [0.5, 0.6) is 5.75 Å². The number of aromatic nitrogens is 2. The van der Waals surface area contributed by atoms with E-state index in [-0.39, 0.29) is 10.5 Å². The second kappa shape index (κ2) is 2.81. The van der Waals surface area contributed by atoms with Gasteiger partial charge in [-0.2, -0.15) is 0 Å². The molecule has 0 aliphatic carbocycles. The summed E-state index contributed by atoms with van der Waals surface area (Å²) in [6, 6.07) is 0. The van der Waals surface area contributed by atoms with Gasteiger partial charge >= 0.3 is 5.97 Å². The van der Waals surface area contributed by atoms with E-state index in [0.717, 1.165) is 0 Å². The number of hydrogen-bond donors (Lipinski definition) is 2. The van der Waals surface area contributed by atoms with Crippen LogP contribution < -0.4 is 4.74 Å². The molecule has 2 rings (SSSR count). The van der Waals surface area contributed by atoms with Gasteiger partial charge in [0, 0.05) is 6.42 Å². The van der Waals surface area contributed by atoms with Gasteiger partial charge < -0.3 is 14.8 Å². The Kier molecular flexibility index (Phi) is 1.77. The van der Waals surface area contributed by atoms with Crippen molar-refractivity contribution in [2.45, 2.75) is 6.42 Å². The third-order valence-corrected chi connectivity index (χ3v) is 1.95. The molecule has 68 valence electrons. The fourth-order valence-electron chi connectivity index (χ4n) is 1.23. The molecule has 0 amide bonds. The molecule has 0 radical (unpaired) electrons. The first kappa shape index (κ1) is 8.18. The van der Waals surface area contributed by atoms with Crippen molar-refractivity contribution in [2.75, 3.05) is 6.61 Å². The molecule has 0 bridgehead atoms. The summed E-state index contributed by atoms with van der Waals surface area (Å²) in [7, 11) is 0. The Hall–Kier alpha value is -1.43. The van der Waals surface area contributed by atoms with Gasteiger partial charge in [-0.3, -0.25) is 0 Å². The summed E-state index contributed by atoms with van der Waals surface area (Å²) in [5.74, 6) is -0.757. The normalized spacial score (nSPS) is 13.5. The van der Waals surface area contributed by atoms with Crippen molar-refractivity contribution in [1.82, 2.24) is 9.97 Å². The third-order valence-electron chi connectivity index (χ3n) is 1.76. The fraction of sp³-hybridized carbons (Fsp3) is 0.286. The van der Waals surface area contributed by atoms with Gasteiger partial charge in [-0.15, -0.1) is 0 Å². The smallest absolute Gasteiger partial charge is 0.356 e. The number of carboxylic acids is 1. The number of carbonyl (C=O) groups is 1. The van der Waals surface area contributed by atoms with Gasteiger partial charge in [0.2, 0.25) is 0 Å². The van der Waals surface area contributed by atoms with Crippen LogP contribution in [-0.2, 0) is 6.42 Å². The van der Waals surface area contributed by atoms with E-state index in [4.69, 9.17) is 22.1 Å². The quantitative estimate of drug-likeness (QED) is 0.652. The number of fused-ring (bicyclic) bond motifs is 1. The average Bonchev–Trinajstić information content (AvgIpc) is 2.49. The van der Waals surface area contributed by atoms with Crippen molar-refractivity contribution < 1.29 is 14.6 Å². The number of nitrogens with one attached hydrogen (secondary N) is 1. The highest BCUT2D eigenvalue weighted by atomic mass is 32.1. The van der Waals surface area contributed by atoms with Crippen LogP contribution >= 0.6 is 12.2 Å². The molecule has 2 heterocycles. The molecule has 1 aliphatic rings. The van der Waals surface area contributed by atoms with E-state index in [0.29, 0.717) is 24.5 Å². The Bertz CT molecular complexity index is 426. The molecular weight excluding hydrogens is 192 g/mol. The number of aromatic carboxylic acids is 1. The molecule has 1 aliphatic heterocycles. The van der Waals surface area contributed by atoms with E-state index in [1.165, 1.54) is 0 Å². The Morgan fingerprint density at radius 1 is 1.69 bits per heavy atom. The summed E-state index contributed by atoms with van der Waals surface area (Å²) in [6.07, 6.45) is 0.619. The number of nitrogens with zero attached hydrogens (tertiary/aromatic N) is 1. The van der Waals surface area contributed by atoms with E-state index >= 15 is 0 Å². The number of rotatable bonds is 1. The van der Waals surface area contributed by atoms with Crippen LogP contribution in [0.1, 0.15) is 16.2 Å². The van der Waals surface area contributed by atoms with Gasteiger partial charge in [-0.25, -0.2) is 9.78 Å². The maximum Gasteiger partial charge on any atom is 0.356 e. The van der Waals surface area contributed by atoms with Crippen LogP contribution in [0.3, 0.4) is 0 Å². The van der Waals surface area contributed by atoms with Crippen molar-refractivity contribution >= 4 is 18.2 Å². The lowest BCUT2D eigenvalue weighted by atomic mass is 10.3. The minimum absolute atomic E-state index is 0.00694. The van der Waals surface area contributed by atoms with Crippen LogP contribution in [-0.4, -0.2) is 27.7 Å². The summed E-state index contributed by atoms with van der Waals surface area (Å²) in [4.78, 5) is 17.2. The predicted molar refractivity (Wildman–Crippen MR) is 45.6 cm³/mol. The van der Waals surface area contributed by atoms with Crippen molar-refractivity contribution in [1.29, 1.82) is 0 Å². The minimum Gasteiger partial charge on any atom is -0.489 e. The Labute approximate surface area is 78.4 Å². The number of carboxylic acid groups (broad SMARTS) is 1. The van der Waals surface area contributed by atoms with Crippen LogP contribution in [0, 0.1) is 4.77 Å². The number of aromatic amines is 1. The lowest BCUT2D eigenvalue weighted by molar-refractivity contribution is 0.0686. The molecule has 0 aromatic carbocycles. The zero-order valence-electron chi connectivity index (χ0n) is 6.53. The second-order valence-corrected chi connectivity index (χ2v) is 2.98. The number of ether oxygens (including phenoxy) is 1. The standard InChI is InChI=1S/C7H6N2O3S/c10-6(11)4-5-3(1-2-12-5)8-7(13)9-4/h1-2H2,(H,10,11)(H,8,9,13). The molecule has 1 aromatic rings. The lowest BCUT2D eigenvalue weighted by Crippen LogP contribution is -2.04. The molecule has 0 saturated heterocycles. The maximum atomic E-state index is 10.7. The van der Waals surface area contributed by atoms with Crippen LogP contribution in [0.25, 0.3) is 0 Å². The topological polar surface area (TPSA) is 75.2 Å². The van der Waals surface area contributed by atoms with E-state index < -0.39 is 5.97 Å². The number of H-pyrrole nitrogens is 1. The first-order chi connectivity index (χ1) is 6.18. The summed E-state index contributed by atoms with van der Waals surface area (Å²) in [5, 5.41) is 8.79. The molecule has 6 heteroatoms. The molecule has 0 fully saturated rings. The lowest BCUT2D eigenvalue weighted by Gasteiger charge is -2.01. The molecule has 0 saturated carbocycles. The Morgan fingerprint density at radius 2 is 2.46 bits per heavy atom. The SMILES string of the molecule is O=C(O)c1[nH]c(=S)nc2c1OCC2. The van der Waals surface area contributed by atoms with Gasteiger partial charge in [-0.1, -0.05) is 0 Å². The maximum absolute atomic E-state index is 10.7. The highest BCUT2D eigenvalue weighted by molar-refractivity contribution is 7.71. The summed E-state index contributed by atoms with van der Waals surface area (Å²) in [5.41, 5.74) is 0.619. The van der Waals surface area contributed by atoms with E-state index in [2.05, 4.69) is 9.97 Å². The Morgan fingerprint density at radius 3 is 3.15 bits per heavy atom. The number of hydrogen-bond acceptors (Lipinski definition) is 4. The second-order valence-electron chi connectivity index (χ2n) is 2.60. The Balaban J connectivity index is 2.69.